The minimum absolute atomic E-state index is 0.293. The molecule has 0 N–H and O–H groups in total. The van der Waals surface area contributed by atoms with Crippen molar-refractivity contribution in [3.05, 3.63) is 428 Å². The van der Waals surface area contributed by atoms with E-state index in [1.54, 1.807) is 18.2 Å². The fourth-order valence-corrected chi connectivity index (χ4v) is 20.4. The van der Waals surface area contributed by atoms with Gasteiger partial charge in [-0.1, -0.05) is 214 Å². The number of furan rings is 2. The molecule has 0 aliphatic heterocycles. The Bertz CT molecular complexity index is 9190. The highest BCUT2D eigenvalue weighted by molar-refractivity contribution is 6.12. The van der Waals surface area contributed by atoms with Gasteiger partial charge in [-0.2, -0.15) is 0 Å². The zero-order valence-electron chi connectivity index (χ0n) is 98.0. The van der Waals surface area contributed by atoms with Gasteiger partial charge in [0.05, 0.1) is 54.9 Å². The summed E-state index contributed by atoms with van der Waals surface area (Å²) in [6.45, 7) is 32.7. The van der Waals surface area contributed by atoms with Gasteiger partial charge in [0.25, 0.3) is 0 Å². The summed E-state index contributed by atoms with van der Waals surface area (Å²) in [5.74, 6) is -0.111. The van der Waals surface area contributed by atoms with E-state index in [2.05, 4.69) is 336 Å². The number of rotatable bonds is 10. The van der Waals surface area contributed by atoms with Crippen molar-refractivity contribution in [3.8, 4) is 89.8 Å². The van der Waals surface area contributed by atoms with Crippen LogP contribution < -0.4 is 27.4 Å². The largest absolute Gasteiger partial charge is 0.437 e. The van der Waals surface area contributed by atoms with E-state index in [0.29, 0.717) is 45.0 Å². The van der Waals surface area contributed by atoms with Crippen LogP contribution in [0, 0.1) is 124 Å². The van der Waals surface area contributed by atoms with Crippen molar-refractivity contribution in [1.29, 1.82) is 0 Å². The summed E-state index contributed by atoms with van der Waals surface area (Å²) in [4.78, 5) is 9.14. The molecule has 0 atom stereocenters. The third kappa shape index (κ3) is 20.4. The lowest BCUT2D eigenvalue weighted by atomic mass is 9.93. The molecule has 0 unspecified atom stereocenters. The fourth-order valence-electron chi connectivity index (χ4n) is 20.4. The second-order valence-electron chi connectivity index (χ2n) is 39.8. The van der Waals surface area contributed by atoms with Crippen molar-refractivity contribution in [2.45, 2.75) is 164 Å². The first kappa shape index (κ1) is 87.5. The van der Waals surface area contributed by atoms with E-state index in [9.17, 15) is 0 Å². The van der Waals surface area contributed by atoms with Crippen molar-refractivity contribution in [3.63, 3.8) is 0 Å². The predicted molar refractivity (Wildman–Crippen MR) is 603 cm³/mol. The minimum Gasteiger partial charge on any atom is -0.437 e. The van der Waals surface area contributed by atoms with Crippen LogP contribution in [-0.2, 0) is 42.3 Å². The Kier molecular flexibility index (Phi) is 25.5. The average molecular weight is 1900 g/mol. The molecular weight excluding hydrogens is 1750 g/mol. The molecule has 720 valence electrons. The topological polar surface area (TPSA) is 75.3 Å². The van der Waals surface area contributed by atoms with Gasteiger partial charge >= 0.3 is 0 Å². The van der Waals surface area contributed by atoms with E-state index >= 15 is 0 Å². The zero-order valence-corrected chi connectivity index (χ0v) is 88.0. The number of benzene rings is 12. The van der Waals surface area contributed by atoms with Crippen LogP contribution in [0.1, 0.15) is 165 Å². The summed E-state index contributed by atoms with van der Waals surface area (Å²) in [5, 5.41) is 13.1. The minimum atomic E-state index is -2.27. The Morgan fingerprint density at radius 3 is 1.15 bits per heavy atom. The highest BCUT2D eigenvalue weighted by Gasteiger charge is 2.29. The summed E-state index contributed by atoms with van der Waals surface area (Å²) < 4.78 is 105. The van der Waals surface area contributed by atoms with Gasteiger partial charge in [0.1, 0.15) is 42.3 Å². The smallest absolute Gasteiger partial charge is 0.227 e. The third-order valence-corrected chi connectivity index (χ3v) is 28.5. The van der Waals surface area contributed by atoms with Gasteiger partial charge in [-0.3, -0.25) is 0 Å². The molecule has 12 aromatic carbocycles. The maximum Gasteiger partial charge on any atom is 0.227 e. The van der Waals surface area contributed by atoms with Crippen molar-refractivity contribution < 1.29 is 49.9 Å². The first-order valence-electron chi connectivity index (χ1n) is 54.7. The highest BCUT2D eigenvalue weighted by Crippen LogP contribution is 2.44. The number of nitrogens with zero attached hydrogens (tertiary/aromatic N) is 8. The average Bonchev–Trinajstić information content (AvgIpc) is 1.59. The van der Waals surface area contributed by atoms with Gasteiger partial charge < -0.3 is 8.83 Å². The number of fused-ring (bicyclic) bond motifs is 10. The number of aromatic nitrogens is 8. The number of pyridine rings is 8. The summed E-state index contributed by atoms with van der Waals surface area (Å²) in [6, 6.07) is 96.4. The lowest BCUT2D eigenvalue weighted by molar-refractivity contribution is -0.660. The Balaban J connectivity index is 0.000000126. The molecule has 10 aromatic heterocycles. The Morgan fingerprint density at radius 2 is 0.660 bits per heavy atom. The number of aryl methyl sites for hydroxylation is 20. The lowest BCUT2D eigenvalue weighted by Gasteiger charge is -2.12. The molecule has 0 aliphatic rings. The third-order valence-electron chi connectivity index (χ3n) is 28.5. The van der Waals surface area contributed by atoms with Crippen molar-refractivity contribution in [2.75, 3.05) is 0 Å². The van der Waals surface area contributed by atoms with Crippen molar-refractivity contribution >= 4 is 87.2 Å². The van der Waals surface area contributed by atoms with Gasteiger partial charge in [-0.05, 0) is 325 Å². The molecule has 10 heteroatoms. The summed E-state index contributed by atoms with van der Waals surface area (Å²) >= 11 is 0. The van der Waals surface area contributed by atoms with E-state index < -0.39 is 26.4 Å². The normalized spacial score (nSPS) is 12.7. The van der Waals surface area contributed by atoms with Crippen molar-refractivity contribution in [1.82, 2.24) is 9.97 Å². The van der Waals surface area contributed by atoms with Crippen LogP contribution in [-0.4, -0.2) is 9.97 Å². The van der Waals surface area contributed by atoms with Gasteiger partial charge in [-0.25, -0.2) is 37.4 Å². The maximum absolute atomic E-state index is 8.30. The summed E-state index contributed by atoms with van der Waals surface area (Å²) in [6.07, 6.45) is 12.6. The van der Waals surface area contributed by atoms with Crippen LogP contribution in [0.25, 0.3) is 177 Å². The Labute approximate surface area is 865 Å². The first-order chi connectivity index (χ1) is 72.9. The van der Waals surface area contributed by atoms with Crippen LogP contribution >= 0.6 is 0 Å². The predicted octanol–water partition coefficient (Wildman–Crippen LogP) is 31.4. The van der Waals surface area contributed by atoms with Gasteiger partial charge in [0.15, 0.2) is 48.3 Å². The van der Waals surface area contributed by atoms with E-state index in [4.69, 9.17) is 22.5 Å². The molecule has 0 fully saturated rings. The van der Waals surface area contributed by atoms with Crippen LogP contribution in [0.15, 0.2) is 325 Å². The van der Waals surface area contributed by atoms with E-state index in [1.807, 2.05) is 173 Å². The lowest BCUT2D eigenvalue weighted by Crippen LogP contribution is -2.31. The SMILES string of the molecule is Cc1cc(C)c(C)c(-c2c3ccc(C(C)C)cc3cc[n+]2C)c1.Cc1cc(C)c(C)c(-c2c3ccccc3cc[n+]2C)c1.Cc1ccc2c(n1)oc1c(-c3cc(-c4ccccc4)cc[n+]3C)c(C)ccc12.[2H]C([2H])([2H])c1cc(C)c(-c2cc(-c3ccccc3)c(C)c[n+]2C)c2oc3nc(C)ccc3c12.[2H]C([2H])([2H])c1cc(C)cc(-c2c3ccc(C([2H])(C)C)cc3cc[n+]2C)c1C.[2H]C([2H])([2H])c1cc(C)cc(-c2c3ccccc3cc[n+]2C)c1C. The van der Waals surface area contributed by atoms with Crippen LogP contribution in [0.4, 0.5) is 0 Å². The van der Waals surface area contributed by atoms with E-state index in [0.717, 1.165) is 150 Å². The summed E-state index contributed by atoms with van der Waals surface area (Å²) in [5.41, 5.74) is 40.6. The number of hydrogen-bond donors (Lipinski definition) is 0. The molecular formula is C134H138N8O2+6. The molecule has 10 heterocycles. The quantitative estimate of drug-likeness (QED) is 0.128. The number of hydrogen-bond acceptors (Lipinski definition) is 4. The molecule has 0 bridgehead atoms. The van der Waals surface area contributed by atoms with Crippen LogP contribution in [0.2, 0.25) is 0 Å². The van der Waals surface area contributed by atoms with Gasteiger partial charge in [-0.15, -0.1) is 0 Å². The first-order valence-corrected chi connectivity index (χ1v) is 49.7. The molecule has 22 rings (SSSR count). The second kappa shape index (κ2) is 42.0. The van der Waals surface area contributed by atoms with Gasteiger partial charge in [0, 0.05) is 94.7 Å². The molecule has 0 saturated carbocycles. The molecule has 0 aliphatic carbocycles. The van der Waals surface area contributed by atoms with E-state index in [-0.39, 0.29) is 0 Å². The van der Waals surface area contributed by atoms with Crippen LogP contribution in [0.5, 0.6) is 0 Å². The molecule has 0 spiro atoms. The molecule has 0 saturated heterocycles. The highest BCUT2D eigenvalue weighted by atomic mass is 16.3. The van der Waals surface area contributed by atoms with Gasteiger partial charge in [0.2, 0.25) is 45.6 Å². The Morgan fingerprint density at radius 1 is 0.271 bits per heavy atom. The van der Waals surface area contributed by atoms with Crippen LogP contribution in [0.3, 0.4) is 0 Å². The maximum atomic E-state index is 8.30. The molecule has 22 aromatic rings. The summed E-state index contributed by atoms with van der Waals surface area (Å²) in [7, 11) is 12.3. The standard InChI is InChI=1S/C27H25N2O.C25H21N2O.2C22H26N.2C19H20N/c1-16-13-17(2)25(26-24(16)21-12-11-19(4)28-27(21)30-26)23-14-22(18(3)15-29(23)5)20-9-7-6-8-10-20;1-16-9-11-20-21-12-10-17(2)26-25(21)28-24(20)23(16)22-15-19(13-14-27(22)3)18-7-5-4-6-8-18;2*1-14(2)18-7-8-20-19(13-18)9-10-23(6)22(20)21-12-15(3)11-16(4)17(21)5;2*1-13-11-14(2)15(3)18(12-13)19-17-8-6-5-7-16(17)9-10-20(19)4/h6-15H,1-5H3;4-15H,1-3H3;2*7-14H,1-6H3;2*5-12H,1-4H3/q6*+1/i1D3;;4D3,14D;;2D3;. The molecule has 0 radical (unpaired) electrons. The zero-order chi connectivity index (χ0) is 111. The van der Waals surface area contributed by atoms with Crippen molar-refractivity contribution in [2.24, 2.45) is 42.3 Å². The molecule has 10 nitrogen and oxygen atoms in total. The second-order valence-corrected chi connectivity index (χ2v) is 39.8. The van der Waals surface area contributed by atoms with E-state index in [1.165, 1.54) is 99.7 Å². The molecule has 0 amide bonds. The Hall–Kier alpha value is -15.5. The molecule has 144 heavy (non-hydrogen) atoms. The fraction of sp³-hybridized carbons (Fsp3) is 0.224. The monoisotopic (exact) mass is 1900 g/mol.